The zero-order chi connectivity index (χ0) is 18.9. The Labute approximate surface area is 164 Å². The zero-order valence-corrected chi connectivity index (χ0v) is 16.6. The van der Waals surface area contributed by atoms with E-state index >= 15 is 0 Å². The molecule has 27 heavy (non-hydrogen) atoms. The number of hydrogen-bond donors (Lipinski definition) is 0. The first-order valence-electron chi connectivity index (χ1n) is 10.3. The minimum absolute atomic E-state index is 0.253. The number of hydrogen-bond acceptors (Lipinski definition) is 3. The Morgan fingerprint density at radius 1 is 0.815 bits per heavy atom. The lowest BCUT2D eigenvalue weighted by atomic mass is 9.97. The van der Waals surface area contributed by atoms with Crippen molar-refractivity contribution in [3.63, 3.8) is 0 Å². The van der Waals surface area contributed by atoms with Crippen molar-refractivity contribution in [3.05, 3.63) is 71.3 Å². The van der Waals surface area contributed by atoms with Gasteiger partial charge in [-0.15, -0.1) is 0 Å². The molecule has 1 aliphatic rings. The second kappa shape index (κ2) is 10.4. The van der Waals surface area contributed by atoms with Crippen molar-refractivity contribution < 1.29 is 4.79 Å². The van der Waals surface area contributed by atoms with Crippen molar-refractivity contribution in [3.8, 4) is 0 Å². The Kier molecular flexibility index (Phi) is 7.61. The molecule has 2 aromatic rings. The molecule has 0 spiro atoms. The molecular formula is C24H32N2O. The van der Waals surface area contributed by atoms with Crippen LogP contribution in [0.4, 0.5) is 0 Å². The van der Waals surface area contributed by atoms with E-state index in [1.807, 2.05) is 30.3 Å². The van der Waals surface area contributed by atoms with Crippen LogP contribution >= 0.6 is 0 Å². The lowest BCUT2D eigenvalue weighted by Gasteiger charge is -2.32. The predicted molar refractivity (Wildman–Crippen MR) is 112 cm³/mol. The number of benzene rings is 2. The normalized spacial score (nSPS) is 15.7. The number of likely N-dealkylation sites (N-methyl/N-ethyl adjacent to an activating group) is 1. The molecular weight excluding hydrogens is 332 g/mol. The fraction of sp³-hybridized carbons (Fsp3) is 0.458. The molecule has 1 heterocycles. The van der Waals surface area contributed by atoms with E-state index in [0.29, 0.717) is 6.42 Å². The smallest absolute Gasteiger partial charge is 0.162 e. The maximum absolute atomic E-state index is 12.3. The van der Waals surface area contributed by atoms with Gasteiger partial charge in [-0.1, -0.05) is 54.6 Å². The Hall–Kier alpha value is -1.97. The Balaban J connectivity index is 1.44. The average Bonchev–Trinajstić information content (AvgIpc) is 2.71. The molecule has 144 valence electrons. The SMILES string of the molecule is CN1CCN(CCCc2ccccc2CCCC(=O)c2ccccc2)CC1. The standard InChI is InChI=1S/C24H32N2O/c1-25-17-19-26(20-18-25)16-8-14-22-10-6-5-9-21(22)13-7-15-24(27)23-11-3-2-4-12-23/h2-6,9-12H,7-8,13-20H2,1H3. The van der Waals surface area contributed by atoms with Gasteiger partial charge < -0.3 is 9.80 Å². The second-order valence-corrected chi connectivity index (χ2v) is 7.66. The van der Waals surface area contributed by atoms with Gasteiger partial charge in [0.25, 0.3) is 0 Å². The van der Waals surface area contributed by atoms with Crippen LogP contribution in [-0.4, -0.2) is 55.4 Å². The summed E-state index contributed by atoms with van der Waals surface area (Å²) in [4.78, 5) is 17.3. The maximum atomic E-state index is 12.3. The summed E-state index contributed by atoms with van der Waals surface area (Å²) in [5, 5.41) is 0. The number of nitrogens with zero attached hydrogens (tertiary/aromatic N) is 2. The number of rotatable bonds is 9. The summed E-state index contributed by atoms with van der Waals surface area (Å²) in [5.74, 6) is 0.253. The van der Waals surface area contributed by atoms with Crippen molar-refractivity contribution in [2.24, 2.45) is 0 Å². The summed E-state index contributed by atoms with van der Waals surface area (Å²) in [6, 6.07) is 18.4. The highest BCUT2D eigenvalue weighted by Crippen LogP contribution is 2.16. The highest BCUT2D eigenvalue weighted by atomic mass is 16.1. The summed E-state index contributed by atoms with van der Waals surface area (Å²) in [5.41, 5.74) is 3.70. The van der Waals surface area contributed by atoms with E-state index in [1.54, 1.807) is 0 Å². The molecule has 0 radical (unpaired) electrons. The highest BCUT2D eigenvalue weighted by molar-refractivity contribution is 5.95. The van der Waals surface area contributed by atoms with E-state index in [2.05, 4.69) is 41.1 Å². The van der Waals surface area contributed by atoms with E-state index in [9.17, 15) is 4.79 Å². The molecule has 3 rings (SSSR count). The Bertz CT molecular complexity index is 705. The van der Waals surface area contributed by atoms with Crippen molar-refractivity contribution >= 4 is 5.78 Å². The molecule has 0 aromatic heterocycles. The van der Waals surface area contributed by atoms with Crippen LogP contribution in [0.25, 0.3) is 0 Å². The van der Waals surface area contributed by atoms with Crippen LogP contribution in [0.1, 0.15) is 40.7 Å². The number of carbonyl (C=O) groups is 1. The Morgan fingerprint density at radius 3 is 2.07 bits per heavy atom. The minimum Gasteiger partial charge on any atom is -0.304 e. The van der Waals surface area contributed by atoms with E-state index in [1.165, 1.54) is 50.3 Å². The molecule has 1 fully saturated rings. The molecule has 0 bridgehead atoms. The fourth-order valence-corrected chi connectivity index (χ4v) is 3.82. The molecule has 0 N–H and O–H groups in total. The first kappa shape index (κ1) is 19.8. The molecule has 0 saturated carbocycles. The molecule has 1 saturated heterocycles. The summed E-state index contributed by atoms with van der Waals surface area (Å²) in [6.45, 7) is 5.95. The lowest BCUT2D eigenvalue weighted by Crippen LogP contribution is -2.44. The average molecular weight is 365 g/mol. The second-order valence-electron chi connectivity index (χ2n) is 7.66. The van der Waals surface area contributed by atoms with Crippen LogP contribution in [0.3, 0.4) is 0 Å². The topological polar surface area (TPSA) is 23.6 Å². The lowest BCUT2D eigenvalue weighted by molar-refractivity contribution is 0.0980. The third kappa shape index (κ3) is 6.30. The van der Waals surface area contributed by atoms with Gasteiger partial charge in [-0.25, -0.2) is 0 Å². The number of aryl methyl sites for hydroxylation is 2. The summed E-state index contributed by atoms with van der Waals surface area (Å²) < 4.78 is 0. The van der Waals surface area contributed by atoms with Crippen LogP contribution < -0.4 is 0 Å². The summed E-state index contributed by atoms with van der Waals surface area (Å²) in [6.07, 6.45) is 4.88. The third-order valence-corrected chi connectivity index (χ3v) is 5.58. The van der Waals surface area contributed by atoms with Gasteiger partial charge in [-0.3, -0.25) is 4.79 Å². The van der Waals surface area contributed by atoms with Gasteiger partial charge in [0.2, 0.25) is 0 Å². The van der Waals surface area contributed by atoms with Crippen LogP contribution in [0.2, 0.25) is 0 Å². The van der Waals surface area contributed by atoms with Crippen molar-refractivity contribution in [2.75, 3.05) is 39.8 Å². The first-order valence-corrected chi connectivity index (χ1v) is 10.3. The van der Waals surface area contributed by atoms with Gasteiger partial charge in [-0.2, -0.15) is 0 Å². The van der Waals surface area contributed by atoms with Gasteiger partial charge in [0.1, 0.15) is 0 Å². The van der Waals surface area contributed by atoms with E-state index < -0.39 is 0 Å². The summed E-state index contributed by atoms with van der Waals surface area (Å²) in [7, 11) is 2.20. The highest BCUT2D eigenvalue weighted by Gasteiger charge is 2.13. The molecule has 3 heteroatoms. The quantitative estimate of drug-likeness (QED) is 0.627. The first-order chi connectivity index (χ1) is 13.2. The van der Waals surface area contributed by atoms with Gasteiger partial charge in [0.05, 0.1) is 0 Å². The number of ketones is 1. The number of piperazine rings is 1. The van der Waals surface area contributed by atoms with Crippen LogP contribution in [-0.2, 0) is 12.8 Å². The largest absolute Gasteiger partial charge is 0.304 e. The van der Waals surface area contributed by atoms with Crippen LogP contribution in [0, 0.1) is 0 Å². The van der Waals surface area contributed by atoms with Gasteiger partial charge in [0, 0.05) is 38.2 Å². The predicted octanol–water partition coefficient (Wildman–Crippen LogP) is 4.07. The van der Waals surface area contributed by atoms with Crippen molar-refractivity contribution in [1.82, 2.24) is 9.80 Å². The maximum Gasteiger partial charge on any atom is 0.162 e. The number of carbonyl (C=O) groups excluding carboxylic acids is 1. The van der Waals surface area contributed by atoms with E-state index in [4.69, 9.17) is 0 Å². The monoisotopic (exact) mass is 364 g/mol. The third-order valence-electron chi connectivity index (χ3n) is 5.58. The molecule has 0 unspecified atom stereocenters. The van der Waals surface area contributed by atoms with Crippen molar-refractivity contribution in [2.45, 2.75) is 32.1 Å². The van der Waals surface area contributed by atoms with Gasteiger partial charge >= 0.3 is 0 Å². The minimum atomic E-state index is 0.253. The molecule has 2 aromatic carbocycles. The molecule has 0 aliphatic carbocycles. The van der Waals surface area contributed by atoms with Gasteiger partial charge in [-0.05, 0) is 50.4 Å². The van der Waals surface area contributed by atoms with Crippen LogP contribution in [0.5, 0.6) is 0 Å². The molecule has 1 aliphatic heterocycles. The molecule has 3 nitrogen and oxygen atoms in total. The molecule has 0 amide bonds. The van der Waals surface area contributed by atoms with Crippen molar-refractivity contribution in [1.29, 1.82) is 0 Å². The zero-order valence-electron chi connectivity index (χ0n) is 16.6. The summed E-state index contributed by atoms with van der Waals surface area (Å²) >= 11 is 0. The van der Waals surface area contributed by atoms with Gasteiger partial charge in [0.15, 0.2) is 5.78 Å². The number of Topliss-reactive ketones (excluding diaryl/α,β-unsaturated/α-hetero) is 1. The fourth-order valence-electron chi connectivity index (χ4n) is 3.82. The molecule has 0 atom stereocenters. The Morgan fingerprint density at radius 2 is 1.41 bits per heavy atom. The van der Waals surface area contributed by atoms with E-state index in [0.717, 1.165) is 24.8 Å². The van der Waals surface area contributed by atoms with Crippen LogP contribution in [0.15, 0.2) is 54.6 Å². The van der Waals surface area contributed by atoms with E-state index in [-0.39, 0.29) is 5.78 Å².